The molecule has 1 aromatic heterocycles. The molecule has 1 rings (SSSR count). The van der Waals surface area contributed by atoms with E-state index in [-0.39, 0.29) is 19.3 Å². The third-order valence-corrected chi connectivity index (χ3v) is 2.03. The van der Waals surface area contributed by atoms with Crippen molar-refractivity contribution in [2.24, 2.45) is 0 Å². The molecule has 0 atom stereocenters. The van der Waals surface area contributed by atoms with Gasteiger partial charge in [-0.3, -0.25) is 0 Å². The van der Waals surface area contributed by atoms with Gasteiger partial charge >= 0.3 is 0 Å². The molecule has 0 amide bonds. The zero-order chi connectivity index (χ0) is 10.2. The molecular formula is C9H17N3O2. The van der Waals surface area contributed by atoms with Crippen molar-refractivity contribution in [2.75, 3.05) is 19.8 Å². The maximum Gasteiger partial charge on any atom is 0.0945 e. The first-order valence-corrected chi connectivity index (χ1v) is 4.77. The summed E-state index contributed by atoms with van der Waals surface area (Å²) < 4.78 is 1.99. The smallest absolute Gasteiger partial charge is 0.0945 e. The lowest BCUT2D eigenvalue weighted by Gasteiger charge is -2.12. The Morgan fingerprint density at radius 2 is 2.14 bits per heavy atom. The minimum absolute atomic E-state index is 0.0262. The van der Waals surface area contributed by atoms with Gasteiger partial charge < -0.3 is 20.1 Å². The van der Waals surface area contributed by atoms with Gasteiger partial charge in [-0.1, -0.05) is 0 Å². The molecule has 0 saturated heterocycles. The molecule has 0 fully saturated rings. The van der Waals surface area contributed by atoms with Crippen molar-refractivity contribution in [3.63, 3.8) is 0 Å². The lowest BCUT2D eigenvalue weighted by atomic mass is 10.3. The number of rotatable bonds is 7. The van der Waals surface area contributed by atoms with Gasteiger partial charge in [0.25, 0.3) is 0 Å². The molecule has 3 N–H and O–H groups in total. The van der Waals surface area contributed by atoms with E-state index in [1.807, 2.05) is 10.8 Å². The molecule has 80 valence electrons. The minimum atomic E-state index is -0.196. The Balaban J connectivity index is 2.04. The number of aliphatic hydroxyl groups excluding tert-OH is 2. The highest BCUT2D eigenvalue weighted by Gasteiger charge is 2.02. The van der Waals surface area contributed by atoms with E-state index in [2.05, 4.69) is 10.3 Å². The third-order valence-electron chi connectivity index (χ3n) is 2.03. The van der Waals surface area contributed by atoms with Gasteiger partial charge in [-0.05, 0) is 13.0 Å². The second-order valence-corrected chi connectivity index (χ2v) is 3.17. The number of hydrogen-bond donors (Lipinski definition) is 3. The Morgan fingerprint density at radius 1 is 1.36 bits per heavy atom. The number of nitrogens with one attached hydrogen (secondary N) is 1. The highest BCUT2D eigenvalue weighted by atomic mass is 16.3. The molecule has 1 heterocycles. The summed E-state index contributed by atoms with van der Waals surface area (Å²) in [5, 5.41) is 20.6. The summed E-state index contributed by atoms with van der Waals surface area (Å²) in [5.74, 6) is 0. The third kappa shape index (κ3) is 3.87. The average molecular weight is 199 g/mol. The molecule has 5 nitrogen and oxygen atoms in total. The first-order valence-electron chi connectivity index (χ1n) is 4.77. The van der Waals surface area contributed by atoms with Crippen LogP contribution in [0.5, 0.6) is 0 Å². The van der Waals surface area contributed by atoms with Crippen molar-refractivity contribution in [1.82, 2.24) is 14.9 Å². The van der Waals surface area contributed by atoms with Crippen molar-refractivity contribution in [1.29, 1.82) is 0 Å². The molecular weight excluding hydrogens is 182 g/mol. The van der Waals surface area contributed by atoms with Gasteiger partial charge in [-0.15, -0.1) is 0 Å². The van der Waals surface area contributed by atoms with Crippen LogP contribution in [-0.4, -0.2) is 45.6 Å². The van der Waals surface area contributed by atoms with Crippen LogP contribution in [0.4, 0.5) is 0 Å². The van der Waals surface area contributed by atoms with Gasteiger partial charge in [-0.2, -0.15) is 0 Å². The molecule has 14 heavy (non-hydrogen) atoms. The van der Waals surface area contributed by atoms with E-state index in [0.29, 0.717) is 0 Å². The SMILES string of the molecule is OCC(CO)NCCCn1ccnc1. The first kappa shape index (κ1) is 11.2. The second-order valence-electron chi connectivity index (χ2n) is 3.17. The predicted molar refractivity (Wildman–Crippen MR) is 52.8 cm³/mol. The molecule has 0 saturated carbocycles. The fraction of sp³-hybridized carbons (Fsp3) is 0.667. The molecule has 0 radical (unpaired) electrons. The van der Waals surface area contributed by atoms with Crippen molar-refractivity contribution in [3.8, 4) is 0 Å². The highest BCUT2D eigenvalue weighted by Crippen LogP contribution is 1.89. The van der Waals surface area contributed by atoms with Gasteiger partial charge in [0.2, 0.25) is 0 Å². The fourth-order valence-corrected chi connectivity index (χ4v) is 1.17. The van der Waals surface area contributed by atoms with Crippen molar-refractivity contribution < 1.29 is 10.2 Å². The van der Waals surface area contributed by atoms with E-state index in [0.717, 1.165) is 19.5 Å². The van der Waals surface area contributed by atoms with Crippen LogP contribution in [0.1, 0.15) is 6.42 Å². The van der Waals surface area contributed by atoms with Crippen LogP contribution in [0.25, 0.3) is 0 Å². The maximum atomic E-state index is 8.77. The maximum absolute atomic E-state index is 8.77. The number of nitrogens with zero attached hydrogens (tertiary/aromatic N) is 2. The Labute approximate surface area is 83.4 Å². The van der Waals surface area contributed by atoms with Gasteiger partial charge in [-0.25, -0.2) is 4.98 Å². The van der Waals surface area contributed by atoms with Crippen LogP contribution in [-0.2, 0) is 6.54 Å². The summed E-state index contributed by atoms with van der Waals surface area (Å²) in [7, 11) is 0. The molecule has 0 aliphatic heterocycles. The summed E-state index contributed by atoms with van der Waals surface area (Å²) >= 11 is 0. The Kier molecular flexibility index (Phi) is 5.21. The van der Waals surface area contributed by atoms with Gasteiger partial charge in [0.05, 0.1) is 25.6 Å². The van der Waals surface area contributed by atoms with Crippen LogP contribution in [0.2, 0.25) is 0 Å². The number of aromatic nitrogens is 2. The molecule has 1 aromatic rings. The van der Waals surface area contributed by atoms with Crippen LogP contribution in [0, 0.1) is 0 Å². The molecule has 0 bridgehead atoms. The zero-order valence-corrected chi connectivity index (χ0v) is 8.13. The Bertz CT molecular complexity index is 222. The van der Waals surface area contributed by atoms with Gasteiger partial charge in [0.15, 0.2) is 0 Å². The van der Waals surface area contributed by atoms with Crippen molar-refractivity contribution in [3.05, 3.63) is 18.7 Å². The molecule has 0 aliphatic carbocycles. The number of imidazole rings is 1. The molecule has 0 aliphatic rings. The first-order chi connectivity index (χ1) is 6.86. The van der Waals surface area contributed by atoms with E-state index >= 15 is 0 Å². The summed E-state index contributed by atoms with van der Waals surface area (Å²) in [5.41, 5.74) is 0. The standard InChI is InChI=1S/C9H17N3O2/c13-6-9(7-14)11-2-1-4-12-5-3-10-8-12/h3,5,8-9,11,13-14H,1-2,4,6-7H2. The largest absolute Gasteiger partial charge is 0.395 e. The molecule has 5 heteroatoms. The lowest BCUT2D eigenvalue weighted by molar-refractivity contribution is 0.171. The number of aliphatic hydroxyl groups is 2. The zero-order valence-electron chi connectivity index (χ0n) is 8.13. The van der Waals surface area contributed by atoms with Crippen LogP contribution < -0.4 is 5.32 Å². The van der Waals surface area contributed by atoms with E-state index in [4.69, 9.17) is 10.2 Å². The molecule has 0 aromatic carbocycles. The normalized spacial score (nSPS) is 11.1. The average Bonchev–Trinajstić information content (AvgIpc) is 2.71. The Morgan fingerprint density at radius 3 is 2.71 bits per heavy atom. The summed E-state index contributed by atoms with van der Waals surface area (Å²) in [4.78, 5) is 3.93. The van der Waals surface area contributed by atoms with Crippen molar-refractivity contribution >= 4 is 0 Å². The number of hydrogen-bond acceptors (Lipinski definition) is 4. The van der Waals surface area contributed by atoms with E-state index < -0.39 is 0 Å². The van der Waals surface area contributed by atoms with Crippen LogP contribution in [0.15, 0.2) is 18.7 Å². The Hall–Kier alpha value is -0.910. The van der Waals surface area contributed by atoms with Gasteiger partial charge in [0.1, 0.15) is 0 Å². The van der Waals surface area contributed by atoms with E-state index in [1.54, 1.807) is 12.5 Å². The van der Waals surface area contributed by atoms with Crippen LogP contribution >= 0.6 is 0 Å². The van der Waals surface area contributed by atoms with Crippen molar-refractivity contribution in [2.45, 2.75) is 19.0 Å². The molecule has 0 unspecified atom stereocenters. The van der Waals surface area contributed by atoms with Gasteiger partial charge in [0, 0.05) is 18.9 Å². The van der Waals surface area contributed by atoms with E-state index in [1.165, 1.54) is 0 Å². The highest BCUT2D eigenvalue weighted by molar-refractivity contribution is 4.74. The van der Waals surface area contributed by atoms with E-state index in [9.17, 15) is 0 Å². The summed E-state index contributed by atoms with van der Waals surface area (Å²) in [6, 6.07) is -0.196. The minimum Gasteiger partial charge on any atom is -0.395 e. The fourth-order valence-electron chi connectivity index (χ4n) is 1.17. The van der Waals surface area contributed by atoms with Crippen LogP contribution in [0.3, 0.4) is 0 Å². The summed E-state index contributed by atoms with van der Waals surface area (Å²) in [6.07, 6.45) is 6.38. The molecule has 0 spiro atoms. The number of aryl methyl sites for hydroxylation is 1. The monoisotopic (exact) mass is 199 g/mol. The quantitative estimate of drug-likeness (QED) is 0.504. The summed E-state index contributed by atoms with van der Waals surface area (Å²) in [6.45, 7) is 1.63. The second kappa shape index (κ2) is 6.53. The topological polar surface area (TPSA) is 70.3 Å². The lowest BCUT2D eigenvalue weighted by Crippen LogP contribution is -2.36. The predicted octanol–water partition coefficient (Wildman–Crippen LogP) is -0.784.